The number of nitrogens with one attached hydrogen (secondary N) is 2. The van der Waals surface area contributed by atoms with Crippen molar-refractivity contribution < 1.29 is 18.4 Å². The van der Waals surface area contributed by atoms with Gasteiger partial charge in [0.15, 0.2) is 11.6 Å². The SMILES string of the molecule is CCN(CC(=O)NCC(=O)Nc1ccc(F)c(F)c1)Cc1ccccc1C. The van der Waals surface area contributed by atoms with Crippen molar-refractivity contribution >= 4 is 17.5 Å². The molecule has 2 aromatic rings. The lowest BCUT2D eigenvalue weighted by Gasteiger charge is -2.21. The predicted octanol–water partition coefficient (Wildman–Crippen LogP) is 2.85. The van der Waals surface area contributed by atoms with Crippen molar-refractivity contribution in [1.82, 2.24) is 10.2 Å². The van der Waals surface area contributed by atoms with Crippen LogP contribution in [-0.4, -0.2) is 36.3 Å². The number of nitrogens with zero attached hydrogens (tertiary/aromatic N) is 1. The highest BCUT2D eigenvalue weighted by Crippen LogP contribution is 2.13. The highest BCUT2D eigenvalue weighted by atomic mass is 19.2. The largest absolute Gasteiger partial charge is 0.346 e. The van der Waals surface area contributed by atoms with E-state index in [1.54, 1.807) is 0 Å². The molecule has 0 aromatic heterocycles. The number of aryl methyl sites for hydroxylation is 1. The summed E-state index contributed by atoms with van der Waals surface area (Å²) in [4.78, 5) is 25.9. The summed E-state index contributed by atoms with van der Waals surface area (Å²) in [5, 5.41) is 4.94. The monoisotopic (exact) mass is 375 g/mol. The first-order valence-electron chi connectivity index (χ1n) is 8.67. The standard InChI is InChI=1S/C20H23F2N3O2/c1-3-25(12-15-7-5-4-6-14(15)2)13-20(27)23-11-19(26)24-16-8-9-17(21)18(22)10-16/h4-10H,3,11-13H2,1-2H3,(H,23,27)(H,24,26). The molecule has 0 fully saturated rings. The number of halogens is 2. The molecule has 2 amide bonds. The average molecular weight is 375 g/mol. The van der Waals surface area contributed by atoms with Crippen LogP contribution in [0.15, 0.2) is 42.5 Å². The molecular weight excluding hydrogens is 352 g/mol. The molecule has 0 spiro atoms. The van der Waals surface area contributed by atoms with Crippen LogP contribution < -0.4 is 10.6 Å². The van der Waals surface area contributed by atoms with Crippen LogP contribution >= 0.6 is 0 Å². The second-order valence-electron chi connectivity index (χ2n) is 6.18. The fourth-order valence-corrected chi connectivity index (χ4v) is 2.52. The summed E-state index contributed by atoms with van der Waals surface area (Å²) in [6.07, 6.45) is 0. The fraction of sp³-hybridized carbons (Fsp3) is 0.300. The van der Waals surface area contributed by atoms with E-state index in [0.29, 0.717) is 13.1 Å². The Labute approximate surface area is 157 Å². The topological polar surface area (TPSA) is 61.4 Å². The summed E-state index contributed by atoms with van der Waals surface area (Å²) in [7, 11) is 0. The van der Waals surface area contributed by atoms with Gasteiger partial charge in [-0.15, -0.1) is 0 Å². The van der Waals surface area contributed by atoms with E-state index in [2.05, 4.69) is 10.6 Å². The zero-order valence-electron chi connectivity index (χ0n) is 15.4. The number of likely N-dealkylation sites (N-methyl/N-ethyl adjacent to an activating group) is 1. The van der Waals surface area contributed by atoms with Crippen molar-refractivity contribution in [3.8, 4) is 0 Å². The van der Waals surface area contributed by atoms with Gasteiger partial charge in [-0.1, -0.05) is 31.2 Å². The van der Waals surface area contributed by atoms with Crippen molar-refractivity contribution in [2.24, 2.45) is 0 Å². The van der Waals surface area contributed by atoms with E-state index in [0.717, 1.165) is 23.3 Å². The molecule has 0 heterocycles. The Balaban J connectivity index is 1.80. The summed E-state index contributed by atoms with van der Waals surface area (Å²) in [5.41, 5.74) is 2.42. The Hall–Kier alpha value is -2.80. The maximum absolute atomic E-state index is 13.1. The summed E-state index contributed by atoms with van der Waals surface area (Å²) >= 11 is 0. The minimum Gasteiger partial charge on any atom is -0.346 e. The minimum absolute atomic E-state index is 0.128. The molecule has 5 nitrogen and oxygen atoms in total. The Kier molecular flexibility index (Phi) is 7.43. The number of amides is 2. The van der Waals surface area contributed by atoms with Gasteiger partial charge >= 0.3 is 0 Å². The number of hydrogen-bond donors (Lipinski definition) is 2. The van der Waals surface area contributed by atoms with Crippen LogP contribution in [0.5, 0.6) is 0 Å². The van der Waals surface area contributed by atoms with Crippen LogP contribution in [0.3, 0.4) is 0 Å². The van der Waals surface area contributed by atoms with Crippen LogP contribution in [0.4, 0.5) is 14.5 Å². The third-order valence-electron chi connectivity index (χ3n) is 4.12. The zero-order chi connectivity index (χ0) is 19.8. The lowest BCUT2D eigenvalue weighted by molar-refractivity contribution is -0.125. The molecule has 0 radical (unpaired) electrons. The van der Waals surface area contributed by atoms with E-state index in [4.69, 9.17) is 0 Å². The zero-order valence-corrected chi connectivity index (χ0v) is 15.4. The van der Waals surface area contributed by atoms with Gasteiger partial charge in [0.05, 0.1) is 13.1 Å². The second kappa shape index (κ2) is 9.78. The lowest BCUT2D eigenvalue weighted by Crippen LogP contribution is -2.40. The Morgan fingerprint density at radius 3 is 2.44 bits per heavy atom. The highest BCUT2D eigenvalue weighted by molar-refractivity contribution is 5.94. The average Bonchev–Trinajstić information content (AvgIpc) is 2.64. The molecule has 0 aliphatic rings. The van der Waals surface area contributed by atoms with Gasteiger partial charge in [0, 0.05) is 18.3 Å². The third-order valence-corrected chi connectivity index (χ3v) is 4.12. The van der Waals surface area contributed by atoms with Crippen molar-refractivity contribution in [2.45, 2.75) is 20.4 Å². The van der Waals surface area contributed by atoms with Gasteiger partial charge < -0.3 is 10.6 Å². The van der Waals surface area contributed by atoms with Gasteiger partial charge in [0.25, 0.3) is 0 Å². The van der Waals surface area contributed by atoms with Crippen LogP contribution in [0, 0.1) is 18.6 Å². The molecule has 0 atom stereocenters. The molecule has 7 heteroatoms. The van der Waals surface area contributed by atoms with E-state index < -0.39 is 17.5 Å². The molecule has 0 aliphatic carbocycles. The maximum Gasteiger partial charge on any atom is 0.243 e. The first kappa shape index (κ1) is 20.5. The van der Waals surface area contributed by atoms with Gasteiger partial charge in [-0.05, 0) is 36.7 Å². The Morgan fingerprint density at radius 2 is 1.78 bits per heavy atom. The van der Waals surface area contributed by atoms with Crippen LogP contribution in [0.2, 0.25) is 0 Å². The van der Waals surface area contributed by atoms with E-state index in [1.807, 2.05) is 43.0 Å². The molecule has 0 saturated carbocycles. The molecular formula is C20H23F2N3O2. The van der Waals surface area contributed by atoms with Crippen molar-refractivity contribution in [2.75, 3.05) is 25.0 Å². The molecule has 2 aromatic carbocycles. The number of carbonyl (C=O) groups excluding carboxylic acids is 2. The maximum atomic E-state index is 13.1. The van der Waals surface area contributed by atoms with Crippen LogP contribution in [0.25, 0.3) is 0 Å². The molecule has 0 saturated heterocycles. The van der Waals surface area contributed by atoms with Crippen LogP contribution in [-0.2, 0) is 16.1 Å². The number of anilines is 1. The third kappa shape index (κ3) is 6.45. The molecule has 2 rings (SSSR count). The van der Waals surface area contributed by atoms with Crippen LogP contribution in [0.1, 0.15) is 18.1 Å². The Bertz CT molecular complexity index is 812. The number of rotatable bonds is 8. The first-order chi connectivity index (χ1) is 12.9. The summed E-state index contributed by atoms with van der Waals surface area (Å²) in [6.45, 7) is 5.21. The summed E-state index contributed by atoms with van der Waals surface area (Å²) in [6, 6.07) is 11.0. The minimum atomic E-state index is -1.05. The predicted molar refractivity (Wildman–Crippen MR) is 100 cm³/mol. The fourth-order valence-electron chi connectivity index (χ4n) is 2.52. The van der Waals surface area contributed by atoms with Crippen molar-refractivity contribution in [1.29, 1.82) is 0 Å². The van der Waals surface area contributed by atoms with Gasteiger partial charge in [-0.2, -0.15) is 0 Å². The second-order valence-corrected chi connectivity index (χ2v) is 6.18. The normalized spacial score (nSPS) is 10.7. The first-order valence-corrected chi connectivity index (χ1v) is 8.67. The number of hydrogen-bond acceptors (Lipinski definition) is 3. The molecule has 0 aliphatic heterocycles. The lowest BCUT2D eigenvalue weighted by atomic mass is 10.1. The van der Waals surface area contributed by atoms with E-state index in [1.165, 1.54) is 6.07 Å². The molecule has 2 N–H and O–H groups in total. The number of carbonyl (C=O) groups is 2. The Morgan fingerprint density at radius 1 is 1.04 bits per heavy atom. The van der Waals surface area contributed by atoms with Gasteiger partial charge in [0.1, 0.15) is 0 Å². The van der Waals surface area contributed by atoms with Crippen molar-refractivity contribution in [3.05, 3.63) is 65.2 Å². The smallest absolute Gasteiger partial charge is 0.243 e. The summed E-state index contributed by atoms with van der Waals surface area (Å²) in [5.74, 6) is -2.84. The van der Waals surface area contributed by atoms with E-state index in [-0.39, 0.29) is 24.7 Å². The highest BCUT2D eigenvalue weighted by Gasteiger charge is 2.12. The molecule has 27 heavy (non-hydrogen) atoms. The van der Waals surface area contributed by atoms with Gasteiger partial charge in [-0.25, -0.2) is 8.78 Å². The molecule has 0 bridgehead atoms. The van der Waals surface area contributed by atoms with E-state index >= 15 is 0 Å². The molecule has 0 unspecified atom stereocenters. The summed E-state index contributed by atoms with van der Waals surface area (Å²) < 4.78 is 26.0. The van der Waals surface area contributed by atoms with Crippen molar-refractivity contribution in [3.63, 3.8) is 0 Å². The van der Waals surface area contributed by atoms with Gasteiger partial charge in [-0.3, -0.25) is 14.5 Å². The van der Waals surface area contributed by atoms with Gasteiger partial charge in [0.2, 0.25) is 11.8 Å². The molecule has 144 valence electrons. The van der Waals surface area contributed by atoms with E-state index in [9.17, 15) is 18.4 Å². The quantitative estimate of drug-likeness (QED) is 0.746. The number of benzene rings is 2.